The minimum Gasteiger partial charge on any atom is -0.356 e. The van der Waals surface area contributed by atoms with Crippen molar-refractivity contribution >= 4 is 16.7 Å². The molecule has 1 aromatic carbocycles. The first-order valence-electron chi connectivity index (χ1n) is 6.88. The molecule has 0 heterocycles. The zero-order chi connectivity index (χ0) is 15.0. The van der Waals surface area contributed by atoms with Crippen LogP contribution in [-0.2, 0) is 22.0 Å². The van der Waals surface area contributed by atoms with Crippen molar-refractivity contribution in [2.24, 2.45) is 11.7 Å². The summed E-state index contributed by atoms with van der Waals surface area (Å²) in [4.78, 5) is 12.1. The van der Waals surface area contributed by atoms with E-state index in [0.29, 0.717) is 19.5 Å². The number of benzene rings is 1. The average Bonchev–Trinajstić information content (AvgIpc) is 2.45. The van der Waals surface area contributed by atoms with Crippen LogP contribution in [-0.4, -0.2) is 34.7 Å². The van der Waals surface area contributed by atoms with Gasteiger partial charge in [-0.3, -0.25) is 9.00 Å². The second kappa shape index (κ2) is 8.87. The Balaban J connectivity index is 2.41. The van der Waals surface area contributed by atoms with Gasteiger partial charge in [0.2, 0.25) is 5.91 Å². The van der Waals surface area contributed by atoms with E-state index in [0.717, 1.165) is 12.0 Å². The van der Waals surface area contributed by atoms with Gasteiger partial charge in [-0.2, -0.15) is 0 Å². The van der Waals surface area contributed by atoms with E-state index in [1.165, 1.54) is 0 Å². The maximum atomic E-state index is 12.1. The van der Waals surface area contributed by atoms with E-state index >= 15 is 0 Å². The Morgan fingerprint density at radius 3 is 2.55 bits per heavy atom. The highest BCUT2D eigenvalue weighted by Crippen LogP contribution is 2.08. The Morgan fingerprint density at radius 2 is 2.00 bits per heavy atom. The van der Waals surface area contributed by atoms with Crippen molar-refractivity contribution < 1.29 is 9.00 Å². The molecule has 0 bridgehead atoms. The van der Waals surface area contributed by atoms with E-state index in [4.69, 9.17) is 5.73 Å². The lowest BCUT2D eigenvalue weighted by Gasteiger charge is -2.16. The van der Waals surface area contributed by atoms with Crippen LogP contribution in [0.5, 0.6) is 0 Å². The predicted octanol–water partition coefficient (Wildman–Crippen LogP) is 1.08. The standard InChI is InChI=1S/C15H24N2O2S/c1-12(20(2)19)8-9-17-15(18)14(11-16)10-13-6-4-3-5-7-13/h3-7,12,14H,8-11,16H2,1-2H3,(H,17,18). The van der Waals surface area contributed by atoms with Crippen LogP contribution in [0.15, 0.2) is 30.3 Å². The van der Waals surface area contributed by atoms with E-state index in [-0.39, 0.29) is 17.1 Å². The van der Waals surface area contributed by atoms with Crippen molar-refractivity contribution in [3.8, 4) is 0 Å². The fourth-order valence-electron chi connectivity index (χ4n) is 1.89. The summed E-state index contributed by atoms with van der Waals surface area (Å²) >= 11 is 0. The molecule has 3 N–H and O–H groups in total. The van der Waals surface area contributed by atoms with E-state index < -0.39 is 10.8 Å². The van der Waals surface area contributed by atoms with Crippen LogP contribution in [0.2, 0.25) is 0 Å². The molecule has 1 rings (SSSR count). The van der Waals surface area contributed by atoms with Crippen molar-refractivity contribution in [1.82, 2.24) is 5.32 Å². The Bertz CT molecular complexity index is 437. The molecule has 0 saturated heterocycles. The third-order valence-electron chi connectivity index (χ3n) is 3.40. The van der Waals surface area contributed by atoms with Crippen LogP contribution in [0.25, 0.3) is 0 Å². The van der Waals surface area contributed by atoms with Gasteiger partial charge < -0.3 is 11.1 Å². The molecule has 0 fully saturated rings. The minimum atomic E-state index is -0.845. The maximum Gasteiger partial charge on any atom is 0.224 e. The van der Waals surface area contributed by atoms with Crippen molar-refractivity contribution in [3.05, 3.63) is 35.9 Å². The highest BCUT2D eigenvalue weighted by Gasteiger charge is 2.17. The lowest BCUT2D eigenvalue weighted by molar-refractivity contribution is -0.124. The summed E-state index contributed by atoms with van der Waals surface area (Å²) in [6.07, 6.45) is 3.06. The molecule has 112 valence electrons. The lowest BCUT2D eigenvalue weighted by atomic mass is 9.98. The SMILES string of the molecule is CC(CCNC(=O)C(CN)Cc1ccccc1)S(C)=O. The van der Waals surface area contributed by atoms with Crippen LogP contribution in [0.4, 0.5) is 0 Å². The van der Waals surface area contributed by atoms with Gasteiger partial charge in [0.15, 0.2) is 0 Å². The maximum absolute atomic E-state index is 12.1. The quantitative estimate of drug-likeness (QED) is 0.754. The summed E-state index contributed by atoms with van der Waals surface area (Å²) in [5.41, 5.74) is 6.80. The minimum absolute atomic E-state index is 0.0227. The van der Waals surface area contributed by atoms with Crippen LogP contribution < -0.4 is 11.1 Å². The molecule has 5 heteroatoms. The van der Waals surface area contributed by atoms with Crippen LogP contribution >= 0.6 is 0 Å². The predicted molar refractivity (Wildman–Crippen MR) is 83.8 cm³/mol. The van der Waals surface area contributed by atoms with Gasteiger partial charge in [-0.05, 0) is 18.4 Å². The second-order valence-corrected chi connectivity index (χ2v) is 6.81. The number of hydrogen-bond donors (Lipinski definition) is 2. The summed E-state index contributed by atoms with van der Waals surface area (Å²) in [5.74, 6) is -0.231. The van der Waals surface area contributed by atoms with Gasteiger partial charge in [-0.25, -0.2) is 0 Å². The van der Waals surface area contributed by atoms with Gasteiger partial charge in [-0.1, -0.05) is 37.3 Å². The third-order valence-corrected chi connectivity index (χ3v) is 4.77. The first-order valence-corrected chi connectivity index (χ1v) is 8.50. The second-order valence-electron chi connectivity index (χ2n) is 5.01. The average molecular weight is 296 g/mol. The Kier molecular flexibility index (Phi) is 7.47. The first-order chi connectivity index (χ1) is 9.54. The molecule has 4 nitrogen and oxygen atoms in total. The number of hydrogen-bond acceptors (Lipinski definition) is 3. The molecule has 0 radical (unpaired) electrons. The Labute approximate surface area is 123 Å². The molecule has 0 aromatic heterocycles. The van der Waals surface area contributed by atoms with Gasteiger partial charge >= 0.3 is 0 Å². The highest BCUT2D eigenvalue weighted by atomic mass is 32.2. The molecule has 3 unspecified atom stereocenters. The fourth-order valence-corrected chi connectivity index (χ4v) is 2.34. The van der Waals surface area contributed by atoms with Crippen molar-refractivity contribution in [1.29, 1.82) is 0 Å². The summed E-state index contributed by atoms with van der Waals surface area (Å²) < 4.78 is 11.2. The Morgan fingerprint density at radius 1 is 1.35 bits per heavy atom. The van der Waals surface area contributed by atoms with E-state index in [9.17, 15) is 9.00 Å². The smallest absolute Gasteiger partial charge is 0.224 e. The number of rotatable bonds is 8. The van der Waals surface area contributed by atoms with Crippen molar-refractivity contribution in [3.63, 3.8) is 0 Å². The molecule has 20 heavy (non-hydrogen) atoms. The molecular weight excluding hydrogens is 272 g/mol. The van der Waals surface area contributed by atoms with E-state index in [1.54, 1.807) is 6.26 Å². The van der Waals surface area contributed by atoms with Crippen LogP contribution in [0.1, 0.15) is 18.9 Å². The van der Waals surface area contributed by atoms with E-state index in [1.807, 2.05) is 37.3 Å². The van der Waals surface area contributed by atoms with Crippen molar-refractivity contribution in [2.45, 2.75) is 25.0 Å². The molecule has 0 spiro atoms. The number of carbonyl (C=O) groups is 1. The molecule has 0 aliphatic heterocycles. The van der Waals surface area contributed by atoms with Gasteiger partial charge in [0.1, 0.15) is 0 Å². The summed E-state index contributed by atoms with van der Waals surface area (Å²) in [7, 11) is -0.845. The number of amides is 1. The zero-order valence-corrected chi connectivity index (χ0v) is 13.0. The lowest BCUT2D eigenvalue weighted by Crippen LogP contribution is -2.37. The van der Waals surface area contributed by atoms with E-state index in [2.05, 4.69) is 5.32 Å². The van der Waals surface area contributed by atoms with Crippen LogP contribution in [0.3, 0.4) is 0 Å². The number of carbonyl (C=O) groups excluding carboxylic acids is 1. The van der Waals surface area contributed by atoms with Gasteiger partial charge in [0.05, 0.1) is 5.92 Å². The molecule has 0 aliphatic carbocycles. The molecular formula is C15H24N2O2S. The summed E-state index contributed by atoms with van der Waals surface area (Å²) in [6, 6.07) is 9.86. The molecule has 1 aromatic rings. The fraction of sp³-hybridized carbons (Fsp3) is 0.533. The molecule has 3 atom stereocenters. The monoisotopic (exact) mass is 296 g/mol. The topological polar surface area (TPSA) is 72.2 Å². The Hall–Kier alpha value is -1.20. The van der Waals surface area contributed by atoms with Crippen LogP contribution in [0, 0.1) is 5.92 Å². The summed E-state index contributed by atoms with van der Waals surface area (Å²) in [6.45, 7) is 2.80. The third kappa shape index (κ3) is 5.84. The summed E-state index contributed by atoms with van der Waals surface area (Å²) in [5, 5.41) is 2.98. The first kappa shape index (κ1) is 16.9. The zero-order valence-electron chi connectivity index (χ0n) is 12.2. The van der Waals surface area contributed by atoms with Gasteiger partial charge in [-0.15, -0.1) is 0 Å². The molecule has 1 amide bonds. The normalized spacial score (nSPS) is 15.3. The largest absolute Gasteiger partial charge is 0.356 e. The van der Waals surface area contributed by atoms with Crippen molar-refractivity contribution in [2.75, 3.05) is 19.3 Å². The number of nitrogens with two attached hydrogens (primary N) is 1. The number of nitrogens with one attached hydrogen (secondary N) is 1. The highest BCUT2D eigenvalue weighted by molar-refractivity contribution is 7.84. The molecule has 0 aliphatic rings. The van der Waals surface area contributed by atoms with Gasteiger partial charge in [0.25, 0.3) is 0 Å². The molecule has 0 saturated carbocycles. The van der Waals surface area contributed by atoms with Gasteiger partial charge in [0, 0.05) is 35.4 Å².